The number of carbonyl (C=O) groups excluding carboxylic acids is 1. The van der Waals surface area contributed by atoms with Crippen molar-refractivity contribution in [2.45, 2.75) is 65.9 Å². The Morgan fingerprint density at radius 1 is 0.971 bits per heavy atom. The molecule has 0 aliphatic carbocycles. The molecule has 0 spiro atoms. The smallest absolute Gasteiger partial charge is 0.350 e. The molecule has 1 aromatic heterocycles. The molecule has 10 heteroatoms. The van der Waals surface area contributed by atoms with E-state index < -0.39 is 23.5 Å². The number of nitrogens with two attached hydrogens (primary N) is 1. The molecule has 192 valence electrons. The van der Waals surface area contributed by atoms with Crippen molar-refractivity contribution in [3.63, 3.8) is 0 Å². The van der Waals surface area contributed by atoms with E-state index in [1.165, 1.54) is 25.2 Å². The second-order valence-corrected chi connectivity index (χ2v) is 7.37. The summed E-state index contributed by atoms with van der Waals surface area (Å²) in [7, 11) is 1.50. The average molecular weight is 494 g/mol. The zero-order chi connectivity index (χ0) is 26.5. The Kier molecular flexibility index (Phi) is 13.5. The van der Waals surface area contributed by atoms with Gasteiger partial charge in [0.15, 0.2) is 0 Å². The van der Waals surface area contributed by atoms with E-state index in [0.29, 0.717) is 30.2 Å². The van der Waals surface area contributed by atoms with E-state index in [-0.39, 0.29) is 29.8 Å². The van der Waals surface area contributed by atoms with Gasteiger partial charge >= 0.3 is 12.4 Å². The predicted octanol–water partition coefficient (Wildman–Crippen LogP) is 6.83. The Hall–Kier alpha value is -2.62. The molecule has 0 fully saturated rings. The minimum Gasteiger partial charge on any atom is -0.350 e. The van der Waals surface area contributed by atoms with Gasteiger partial charge in [-0.2, -0.15) is 26.3 Å². The Morgan fingerprint density at radius 3 is 1.97 bits per heavy atom. The van der Waals surface area contributed by atoms with Gasteiger partial charge in [0.25, 0.3) is 0 Å². The fourth-order valence-electron chi connectivity index (χ4n) is 2.79. The molecule has 0 radical (unpaired) electrons. The van der Waals surface area contributed by atoms with Gasteiger partial charge in [-0.1, -0.05) is 40.2 Å². The van der Waals surface area contributed by atoms with E-state index in [0.717, 1.165) is 12.8 Å². The highest BCUT2D eigenvalue weighted by atomic mass is 19.4. The number of nitrogens with one attached hydrogen (secondary N) is 1. The number of nitrogens with zero attached hydrogens (tertiary/aromatic N) is 1. The largest absolute Gasteiger partial charge is 0.416 e. The van der Waals surface area contributed by atoms with E-state index in [1.807, 2.05) is 27.7 Å². The first-order chi connectivity index (χ1) is 15.9. The number of aromatic nitrogens is 1. The fourth-order valence-corrected chi connectivity index (χ4v) is 2.79. The average Bonchev–Trinajstić information content (AvgIpc) is 2.79. The van der Waals surface area contributed by atoms with E-state index >= 15 is 0 Å². The van der Waals surface area contributed by atoms with Crippen LogP contribution in [-0.4, -0.2) is 17.9 Å². The molecule has 0 saturated heterocycles. The number of rotatable bonds is 7. The third kappa shape index (κ3) is 11.0. The standard InChI is InChI=1S/C21H22F6N2O.C2H6.CH5N/c1-13(2)5-3-8-19(30)28-12-17-6-4-7-18(29-17)14-9-15(20(22,23)24)11-16(10-14)21(25,26)27;2*1-2/h4,6-7,9-11,13H,3,5,8,12H2,1-2H3,(H,28,30);1-2H3;2H2,1H3. The van der Waals surface area contributed by atoms with Crippen LogP contribution in [0.3, 0.4) is 0 Å². The van der Waals surface area contributed by atoms with Gasteiger partial charge < -0.3 is 11.1 Å². The summed E-state index contributed by atoms with van der Waals surface area (Å²) in [6, 6.07) is 5.66. The molecule has 1 aromatic carbocycles. The second kappa shape index (κ2) is 14.6. The molecule has 0 bridgehead atoms. The lowest BCUT2D eigenvalue weighted by Gasteiger charge is -2.14. The summed E-state index contributed by atoms with van der Waals surface area (Å²) in [4.78, 5) is 16.0. The minimum absolute atomic E-state index is 0.0272. The maximum absolute atomic E-state index is 13.1. The van der Waals surface area contributed by atoms with E-state index in [1.54, 1.807) is 0 Å². The maximum atomic E-state index is 13.1. The molecule has 0 atom stereocenters. The fraction of sp³-hybridized carbons (Fsp3) is 0.500. The van der Waals surface area contributed by atoms with Crippen LogP contribution < -0.4 is 11.1 Å². The lowest BCUT2D eigenvalue weighted by atomic mass is 10.0. The van der Waals surface area contributed by atoms with Crippen molar-refractivity contribution >= 4 is 5.91 Å². The summed E-state index contributed by atoms with van der Waals surface area (Å²) in [6.45, 7) is 8.12. The molecule has 4 nitrogen and oxygen atoms in total. The molecule has 0 aliphatic rings. The molecule has 0 unspecified atom stereocenters. The third-order valence-electron chi connectivity index (χ3n) is 4.34. The second-order valence-electron chi connectivity index (χ2n) is 7.37. The maximum Gasteiger partial charge on any atom is 0.416 e. The predicted molar refractivity (Wildman–Crippen MR) is 122 cm³/mol. The molecule has 0 saturated carbocycles. The van der Waals surface area contributed by atoms with Crippen molar-refractivity contribution in [2.75, 3.05) is 7.05 Å². The van der Waals surface area contributed by atoms with Crippen LogP contribution in [0.1, 0.15) is 63.8 Å². The zero-order valence-electron chi connectivity index (χ0n) is 20.1. The molecule has 2 aromatic rings. The van der Waals surface area contributed by atoms with Crippen molar-refractivity contribution in [3.05, 3.63) is 53.2 Å². The summed E-state index contributed by atoms with van der Waals surface area (Å²) < 4.78 is 78.3. The van der Waals surface area contributed by atoms with E-state index in [4.69, 9.17) is 0 Å². The number of hydrogen-bond acceptors (Lipinski definition) is 3. The van der Waals surface area contributed by atoms with Gasteiger partial charge in [-0.05, 0) is 49.7 Å². The van der Waals surface area contributed by atoms with Gasteiger partial charge in [0.05, 0.1) is 29.1 Å². The first-order valence-corrected chi connectivity index (χ1v) is 11.0. The van der Waals surface area contributed by atoms with Crippen molar-refractivity contribution in [3.8, 4) is 11.3 Å². The van der Waals surface area contributed by atoms with E-state index in [2.05, 4.69) is 16.0 Å². The zero-order valence-corrected chi connectivity index (χ0v) is 20.1. The van der Waals surface area contributed by atoms with E-state index in [9.17, 15) is 31.1 Å². The number of pyridine rings is 1. The Labute approximate surface area is 197 Å². The normalized spacial score (nSPS) is 11.2. The van der Waals surface area contributed by atoms with Gasteiger partial charge in [0.2, 0.25) is 5.91 Å². The summed E-state index contributed by atoms with van der Waals surface area (Å²) >= 11 is 0. The van der Waals surface area contributed by atoms with Crippen LogP contribution in [0.25, 0.3) is 11.3 Å². The van der Waals surface area contributed by atoms with Gasteiger partial charge in [0, 0.05) is 12.0 Å². The highest BCUT2D eigenvalue weighted by Gasteiger charge is 2.37. The third-order valence-corrected chi connectivity index (χ3v) is 4.34. The number of alkyl halides is 6. The number of amides is 1. The highest BCUT2D eigenvalue weighted by Crippen LogP contribution is 2.38. The molecule has 0 aliphatic heterocycles. The van der Waals surface area contributed by atoms with Gasteiger partial charge in [0.1, 0.15) is 0 Å². The molecule has 34 heavy (non-hydrogen) atoms. The van der Waals surface area contributed by atoms with Crippen molar-refractivity contribution in [1.29, 1.82) is 0 Å². The van der Waals surface area contributed by atoms with Crippen molar-refractivity contribution in [2.24, 2.45) is 11.7 Å². The van der Waals surface area contributed by atoms with Crippen LogP contribution in [0, 0.1) is 5.92 Å². The molecule has 1 amide bonds. The van der Waals surface area contributed by atoms with Crippen LogP contribution in [0.15, 0.2) is 36.4 Å². The first-order valence-electron chi connectivity index (χ1n) is 11.0. The summed E-state index contributed by atoms with van der Waals surface area (Å²) in [5.74, 6) is 0.284. The van der Waals surface area contributed by atoms with Crippen molar-refractivity contribution < 1.29 is 31.1 Å². The monoisotopic (exact) mass is 493 g/mol. The van der Waals surface area contributed by atoms with Crippen LogP contribution in [-0.2, 0) is 23.7 Å². The van der Waals surface area contributed by atoms with Crippen LogP contribution in [0.4, 0.5) is 26.3 Å². The van der Waals surface area contributed by atoms with Crippen LogP contribution in [0.5, 0.6) is 0 Å². The lowest BCUT2D eigenvalue weighted by molar-refractivity contribution is -0.143. The summed E-state index contributed by atoms with van der Waals surface area (Å²) in [5, 5.41) is 2.66. The van der Waals surface area contributed by atoms with Gasteiger partial charge in [-0.15, -0.1) is 0 Å². The number of carbonyl (C=O) groups is 1. The number of benzene rings is 1. The molecule has 2 rings (SSSR count). The molecule has 3 N–H and O–H groups in total. The van der Waals surface area contributed by atoms with Gasteiger partial charge in [-0.3, -0.25) is 9.78 Å². The first kappa shape index (κ1) is 31.4. The summed E-state index contributed by atoms with van der Waals surface area (Å²) in [6.07, 6.45) is -7.91. The Morgan fingerprint density at radius 2 is 1.50 bits per heavy atom. The lowest BCUT2D eigenvalue weighted by Crippen LogP contribution is -2.23. The molecular weight excluding hydrogens is 460 g/mol. The quantitative estimate of drug-likeness (QED) is 0.416. The van der Waals surface area contributed by atoms with Crippen LogP contribution >= 0.6 is 0 Å². The number of hydrogen-bond donors (Lipinski definition) is 2. The van der Waals surface area contributed by atoms with Crippen LogP contribution in [0.2, 0.25) is 0 Å². The highest BCUT2D eigenvalue weighted by molar-refractivity contribution is 5.75. The summed E-state index contributed by atoms with van der Waals surface area (Å²) in [5.41, 5.74) is 1.67. The SMILES string of the molecule is CC.CC(C)CCCC(=O)NCc1cccc(-c2cc(C(F)(F)F)cc(C(F)(F)F)c2)n1.CN. The van der Waals surface area contributed by atoms with Crippen molar-refractivity contribution in [1.82, 2.24) is 10.3 Å². The number of halogens is 6. The molecule has 1 heterocycles. The van der Waals surface area contributed by atoms with Gasteiger partial charge in [-0.25, -0.2) is 0 Å². The molecular formula is C24H33F6N3O. The topological polar surface area (TPSA) is 68.0 Å². The Bertz CT molecular complexity index is 847. The minimum atomic E-state index is -4.93. The Balaban J connectivity index is 0.00000258.